The van der Waals surface area contributed by atoms with Gasteiger partial charge in [-0.25, -0.2) is 9.67 Å². The molecule has 5 rings (SSSR count). The van der Waals surface area contributed by atoms with Gasteiger partial charge in [0.05, 0.1) is 29.7 Å². The number of ether oxygens (including phenoxy) is 1. The number of benzene rings is 2. The summed E-state index contributed by atoms with van der Waals surface area (Å²) in [6, 6.07) is 19.3. The molecule has 0 bridgehead atoms. The van der Waals surface area contributed by atoms with Gasteiger partial charge in [0.25, 0.3) is 5.91 Å². The van der Waals surface area contributed by atoms with Crippen molar-refractivity contribution in [1.82, 2.24) is 24.5 Å². The van der Waals surface area contributed by atoms with E-state index in [4.69, 9.17) is 9.84 Å². The lowest BCUT2D eigenvalue weighted by Gasteiger charge is -2.09. The molecule has 8 heteroatoms. The monoisotopic (exact) mass is 452 g/mol. The second-order valence-corrected chi connectivity index (χ2v) is 8.12. The number of nitrogens with one attached hydrogen (secondary N) is 1. The Bertz CT molecular complexity index is 1510. The molecule has 34 heavy (non-hydrogen) atoms. The van der Waals surface area contributed by atoms with Gasteiger partial charge >= 0.3 is 0 Å². The molecule has 3 aromatic heterocycles. The number of nitrogens with zero attached hydrogens (tertiary/aromatic N) is 5. The second kappa shape index (κ2) is 8.47. The number of methoxy groups -OCH3 is 1. The number of carbonyl (C=O) groups is 1. The lowest BCUT2D eigenvalue weighted by molar-refractivity contribution is 0.102. The van der Waals surface area contributed by atoms with Crippen LogP contribution < -0.4 is 10.1 Å². The molecule has 0 saturated heterocycles. The van der Waals surface area contributed by atoms with Crippen LogP contribution in [-0.2, 0) is 7.05 Å². The van der Waals surface area contributed by atoms with Gasteiger partial charge in [-0.05, 0) is 44.2 Å². The maximum atomic E-state index is 13.2. The van der Waals surface area contributed by atoms with E-state index >= 15 is 0 Å². The highest BCUT2D eigenvalue weighted by Gasteiger charge is 2.18. The molecule has 5 aromatic rings. The van der Waals surface area contributed by atoms with Crippen molar-refractivity contribution >= 4 is 22.8 Å². The fourth-order valence-corrected chi connectivity index (χ4v) is 3.96. The quantitative estimate of drug-likeness (QED) is 0.418. The van der Waals surface area contributed by atoms with Crippen LogP contribution in [0.25, 0.3) is 28.0 Å². The fourth-order valence-electron chi connectivity index (χ4n) is 3.96. The zero-order valence-corrected chi connectivity index (χ0v) is 19.4. The summed E-state index contributed by atoms with van der Waals surface area (Å²) < 4.78 is 8.95. The molecule has 0 fully saturated rings. The lowest BCUT2D eigenvalue weighted by Crippen LogP contribution is -2.15. The largest absolute Gasteiger partial charge is 0.496 e. The highest BCUT2D eigenvalue weighted by Crippen LogP contribution is 2.32. The summed E-state index contributed by atoms with van der Waals surface area (Å²) in [5, 5.41) is 13.0. The Morgan fingerprint density at radius 1 is 1.00 bits per heavy atom. The molecule has 8 nitrogen and oxygen atoms in total. The molecule has 3 heterocycles. The molecule has 0 aliphatic carbocycles. The number of para-hydroxylation sites is 1. The first-order valence-electron chi connectivity index (χ1n) is 10.9. The molecule has 0 radical (unpaired) electrons. The van der Waals surface area contributed by atoms with Crippen molar-refractivity contribution in [3.05, 3.63) is 83.7 Å². The SMILES string of the molecule is COc1ccccc1-c1cc(NC(=O)c2cnc3c(c2)c(C)nn3C)n(-c2ccc(C)cc2)n1. The Labute approximate surface area is 196 Å². The van der Waals surface area contributed by atoms with Crippen molar-refractivity contribution < 1.29 is 9.53 Å². The number of amides is 1. The molecule has 0 aliphatic heterocycles. The molecule has 0 unspecified atom stereocenters. The first-order chi connectivity index (χ1) is 16.4. The third kappa shape index (κ3) is 3.79. The van der Waals surface area contributed by atoms with Gasteiger partial charge in [-0.3, -0.25) is 9.48 Å². The summed E-state index contributed by atoms with van der Waals surface area (Å²) in [6.45, 7) is 3.93. The van der Waals surface area contributed by atoms with Crippen LogP contribution in [0, 0.1) is 13.8 Å². The van der Waals surface area contributed by atoms with Gasteiger partial charge in [-0.2, -0.15) is 10.2 Å². The van der Waals surface area contributed by atoms with Crippen molar-refractivity contribution in [3.8, 4) is 22.7 Å². The first kappa shape index (κ1) is 21.4. The lowest BCUT2D eigenvalue weighted by atomic mass is 10.1. The normalized spacial score (nSPS) is 11.1. The highest BCUT2D eigenvalue weighted by atomic mass is 16.5. The number of rotatable bonds is 5. The van der Waals surface area contributed by atoms with E-state index in [9.17, 15) is 4.79 Å². The molecule has 0 aliphatic rings. The predicted molar refractivity (Wildman–Crippen MR) is 131 cm³/mol. The maximum absolute atomic E-state index is 13.2. The Kier molecular flexibility index (Phi) is 5.33. The van der Waals surface area contributed by atoms with E-state index in [-0.39, 0.29) is 5.91 Å². The Morgan fingerprint density at radius 3 is 2.53 bits per heavy atom. The van der Waals surface area contributed by atoms with Crippen LogP contribution in [0.3, 0.4) is 0 Å². The summed E-state index contributed by atoms with van der Waals surface area (Å²) in [5.41, 5.74) is 5.49. The van der Waals surface area contributed by atoms with Crippen molar-refractivity contribution in [2.24, 2.45) is 7.05 Å². The van der Waals surface area contributed by atoms with Crippen molar-refractivity contribution in [1.29, 1.82) is 0 Å². The zero-order chi connectivity index (χ0) is 23.8. The summed E-state index contributed by atoms with van der Waals surface area (Å²) in [4.78, 5) is 17.7. The van der Waals surface area contributed by atoms with Gasteiger partial charge in [0.15, 0.2) is 5.65 Å². The average Bonchev–Trinajstić information content (AvgIpc) is 3.39. The van der Waals surface area contributed by atoms with Gasteiger partial charge < -0.3 is 10.1 Å². The summed E-state index contributed by atoms with van der Waals surface area (Å²) in [6.07, 6.45) is 1.56. The van der Waals surface area contributed by atoms with E-state index in [1.54, 1.807) is 22.7 Å². The number of hydrogen-bond acceptors (Lipinski definition) is 5. The number of aromatic nitrogens is 5. The second-order valence-electron chi connectivity index (χ2n) is 8.12. The minimum Gasteiger partial charge on any atom is -0.496 e. The van der Waals surface area contributed by atoms with Gasteiger partial charge in [0.2, 0.25) is 0 Å². The van der Waals surface area contributed by atoms with E-state index < -0.39 is 0 Å². The number of aryl methyl sites for hydroxylation is 3. The van der Waals surface area contributed by atoms with E-state index in [1.807, 2.05) is 81.6 Å². The highest BCUT2D eigenvalue weighted by molar-refractivity contribution is 6.05. The summed E-state index contributed by atoms with van der Waals surface area (Å²) in [7, 11) is 3.46. The van der Waals surface area contributed by atoms with Crippen LogP contribution in [-0.4, -0.2) is 37.6 Å². The molecule has 2 aromatic carbocycles. The fraction of sp³-hybridized carbons (Fsp3) is 0.154. The molecular weight excluding hydrogens is 428 g/mol. The number of anilines is 1. The summed E-state index contributed by atoms with van der Waals surface area (Å²) in [5.74, 6) is 0.964. The van der Waals surface area contributed by atoms with Crippen LogP contribution in [0.2, 0.25) is 0 Å². The minimum absolute atomic E-state index is 0.280. The van der Waals surface area contributed by atoms with Crippen molar-refractivity contribution in [2.45, 2.75) is 13.8 Å². The molecule has 0 atom stereocenters. The Balaban J connectivity index is 1.57. The molecule has 0 saturated carbocycles. The van der Waals surface area contributed by atoms with Gasteiger partial charge in [-0.15, -0.1) is 0 Å². The smallest absolute Gasteiger partial charge is 0.258 e. The van der Waals surface area contributed by atoms with Crippen LogP contribution in [0.1, 0.15) is 21.6 Å². The third-order valence-corrected chi connectivity index (χ3v) is 5.74. The molecule has 170 valence electrons. The van der Waals surface area contributed by atoms with Crippen LogP contribution in [0.15, 0.2) is 66.9 Å². The third-order valence-electron chi connectivity index (χ3n) is 5.74. The van der Waals surface area contributed by atoms with Gasteiger partial charge in [0, 0.05) is 30.3 Å². The predicted octanol–water partition coefficient (Wildman–Crippen LogP) is 4.70. The van der Waals surface area contributed by atoms with Crippen LogP contribution >= 0.6 is 0 Å². The molecule has 0 spiro atoms. The summed E-state index contributed by atoms with van der Waals surface area (Å²) >= 11 is 0. The van der Waals surface area contributed by atoms with Crippen molar-refractivity contribution in [3.63, 3.8) is 0 Å². The Hall–Kier alpha value is -4.46. The molecule has 1 N–H and O–H groups in total. The van der Waals surface area contributed by atoms with Gasteiger partial charge in [-0.1, -0.05) is 29.8 Å². The standard InChI is InChI=1S/C26H24N6O2/c1-16-9-11-19(12-10-16)32-24(14-22(30-32)20-7-5-6-8-23(20)34-4)28-26(33)18-13-21-17(2)29-31(3)25(21)27-15-18/h5-15H,1-4H3,(H,28,33). The van der Waals surface area contributed by atoms with E-state index in [0.717, 1.165) is 33.5 Å². The van der Waals surface area contributed by atoms with Crippen molar-refractivity contribution in [2.75, 3.05) is 12.4 Å². The topological polar surface area (TPSA) is 86.9 Å². The average molecular weight is 453 g/mol. The number of pyridine rings is 1. The van der Waals surface area contributed by atoms with Gasteiger partial charge in [0.1, 0.15) is 11.6 Å². The van der Waals surface area contributed by atoms with Crippen LogP contribution in [0.4, 0.5) is 5.82 Å². The van der Waals surface area contributed by atoms with Crippen LogP contribution in [0.5, 0.6) is 5.75 Å². The first-order valence-corrected chi connectivity index (χ1v) is 10.9. The zero-order valence-electron chi connectivity index (χ0n) is 19.4. The number of carbonyl (C=O) groups excluding carboxylic acids is 1. The maximum Gasteiger partial charge on any atom is 0.258 e. The molecular formula is C26H24N6O2. The van der Waals surface area contributed by atoms with E-state index in [1.165, 1.54) is 0 Å². The van der Waals surface area contributed by atoms with E-state index in [0.29, 0.717) is 22.8 Å². The minimum atomic E-state index is -0.280. The molecule has 1 amide bonds. The Morgan fingerprint density at radius 2 is 1.76 bits per heavy atom. The van der Waals surface area contributed by atoms with E-state index in [2.05, 4.69) is 15.4 Å². The number of hydrogen-bond donors (Lipinski definition) is 1. The number of fused-ring (bicyclic) bond motifs is 1.